The van der Waals surface area contributed by atoms with E-state index in [1.165, 1.54) is 5.52 Å². The van der Waals surface area contributed by atoms with Gasteiger partial charge in [0.05, 0.1) is 24.5 Å². The minimum atomic E-state index is 0.611. The number of aromatic nitrogens is 4. The van der Waals surface area contributed by atoms with Crippen LogP contribution < -0.4 is 9.64 Å². The van der Waals surface area contributed by atoms with E-state index in [0.29, 0.717) is 5.88 Å². The first kappa shape index (κ1) is 15.8. The zero-order chi connectivity index (χ0) is 17.1. The molecule has 0 atom stereocenters. The van der Waals surface area contributed by atoms with E-state index in [2.05, 4.69) is 47.5 Å². The van der Waals surface area contributed by atoms with Gasteiger partial charge in [-0.05, 0) is 12.1 Å². The van der Waals surface area contributed by atoms with Crippen LogP contribution in [-0.2, 0) is 6.54 Å². The number of benzene rings is 1. The molecule has 7 heteroatoms. The van der Waals surface area contributed by atoms with Crippen molar-refractivity contribution in [2.45, 2.75) is 6.54 Å². The maximum absolute atomic E-state index is 5.18. The smallest absolute Gasteiger partial charge is 0.228 e. The van der Waals surface area contributed by atoms with Gasteiger partial charge in [-0.3, -0.25) is 4.90 Å². The van der Waals surface area contributed by atoms with Crippen LogP contribution in [0.25, 0.3) is 11.0 Å². The number of anilines is 1. The largest absolute Gasteiger partial charge is 0.481 e. The van der Waals surface area contributed by atoms with Crippen molar-refractivity contribution in [1.29, 1.82) is 0 Å². The number of imidazole rings is 1. The highest BCUT2D eigenvalue weighted by Gasteiger charge is 2.19. The van der Waals surface area contributed by atoms with Gasteiger partial charge in [-0.1, -0.05) is 12.1 Å². The molecule has 0 spiro atoms. The van der Waals surface area contributed by atoms with Gasteiger partial charge >= 0.3 is 0 Å². The molecule has 0 N–H and O–H groups in total. The number of hydrogen-bond donors (Lipinski definition) is 0. The molecule has 1 aliphatic heterocycles. The molecule has 4 rings (SSSR count). The van der Waals surface area contributed by atoms with Gasteiger partial charge in [-0.2, -0.15) is 4.98 Å². The van der Waals surface area contributed by atoms with Crippen molar-refractivity contribution in [2.75, 3.05) is 44.7 Å². The number of para-hydroxylation sites is 2. The maximum Gasteiger partial charge on any atom is 0.228 e. The fourth-order valence-electron chi connectivity index (χ4n) is 3.21. The van der Waals surface area contributed by atoms with Crippen molar-refractivity contribution in [3.8, 4) is 5.88 Å². The van der Waals surface area contributed by atoms with Crippen LogP contribution in [-0.4, -0.2) is 64.3 Å². The number of rotatable bonds is 5. The van der Waals surface area contributed by atoms with Gasteiger partial charge in [-0.15, -0.1) is 0 Å². The van der Waals surface area contributed by atoms with E-state index in [1.54, 1.807) is 19.4 Å². The molecule has 3 aromatic rings. The number of nitrogens with zero attached hydrogens (tertiary/aromatic N) is 6. The summed E-state index contributed by atoms with van der Waals surface area (Å²) in [5.74, 6) is 1.36. The van der Waals surface area contributed by atoms with Crippen molar-refractivity contribution in [1.82, 2.24) is 24.4 Å². The van der Waals surface area contributed by atoms with Crippen molar-refractivity contribution >= 4 is 17.0 Å². The predicted molar refractivity (Wildman–Crippen MR) is 97.0 cm³/mol. The molecule has 1 saturated heterocycles. The molecule has 0 radical (unpaired) electrons. The van der Waals surface area contributed by atoms with Crippen LogP contribution in [0, 0.1) is 0 Å². The molecule has 0 saturated carbocycles. The molecule has 7 nitrogen and oxygen atoms in total. The average Bonchev–Trinajstić information content (AvgIpc) is 3.10. The van der Waals surface area contributed by atoms with Crippen LogP contribution in [0.1, 0.15) is 0 Å². The molecule has 0 amide bonds. The zero-order valence-corrected chi connectivity index (χ0v) is 14.4. The molecule has 1 fully saturated rings. The minimum Gasteiger partial charge on any atom is -0.481 e. The van der Waals surface area contributed by atoms with Gasteiger partial charge in [0.15, 0.2) is 0 Å². The summed E-state index contributed by atoms with van der Waals surface area (Å²) >= 11 is 0. The first-order valence-electron chi connectivity index (χ1n) is 8.58. The number of hydrogen-bond acceptors (Lipinski definition) is 6. The lowest BCUT2D eigenvalue weighted by Gasteiger charge is -2.34. The third kappa shape index (κ3) is 3.41. The van der Waals surface area contributed by atoms with Crippen molar-refractivity contribution < 1.29 is 4.74 Å². The molecule has 1 aromatic carbocycles. The monoisotopic (exact) mass is 338 g/mol. The maximum atomic E-state index is 5.18. The SMILES string of the molecule is COc1ccnc(N2CCN(CCn3cnc4ccccc43)CC2)n1. The number of fused-ring (bicyclic) bond motifs is 1. The predicted octanol–water partition coefficient (Wildman–Crippen LogP) is 1.66. The molecule has 0 bridgehead atoms. The highest BCUT2D eigenvalue weighted by Crippen LogP contribution is 2.15. The summed E-state index contributed by atoms with van der Waals surface area (Å²) < 4.78 is 7.41. The van der Waals surface area contributed by atoms with Gasteiger partial charge in [0.2, 0.25) is 11.8 Å². The lowest BCUT2D eigenvalue weighted by Crippen LogP contribution is -2.47. The van der Waals surface area contributed by atoms with E-state index in [9.17, 15) is 0 Å². The Kier molecular flexibility index (Phi) is 4.47. The third-order valence-corrected chi connectivity index (χ3v) is 4.67. The normalized spacial score (nSPS) is 15.6. The molecule has 0 unspecified atom stereocenters. The molecule has 25 heavy (non-hydrogen) atoms. The van der Waals surface area contributed by atoms with Gasteiger partial charge in [0.25, 0.3) is 0 Å². The molecule has 2 aromatic heterocycles. The van der Waals surface area contributed by atoms with Crippen LogP contribution in [0.2, 0.25) is 0 Å². The Hall–Kier alpha value is -2.67. The quantitative estimate of drug-likeness (QED) is 0.705. The summed E-state index contributed by atoms with van der Waals surface area (Å²) in [5.41, 5.74) is 2.26. The van der Waals surface area contributed by atoms with Gasteiger partial charge in [0.1, 0.15) is 0 Å². The number of ether oxygens (including phenoxy) is 1. The third-order valence-electron chi connectivity index (χ3n) is 4.67. The Labute approximate surface area is 146 Å². The highest BCUT2D eigenvalue weighted by molar-refractivity contribution is 5.74. The Morgan fingerprint density at radius 1 is 1.00 bits per heavy atom. The second kappa shape index (κ2) is 7.06. The van der Waals surface area contributed by atoms with Gasteiger partial charge < -0.3 is 14.2 Å². The summed E-state index contributed by atoms with van der Waals surface area (Å²) in [5, 5.41) is 0. The second-order valence-electron chi connectivity index (χ2n) is 6.15. The second-order valence-corrected chi connectivity index (χ2v) is 6.15. The summed E-state index contributed by atoms with van der Waals surface area (Å²) in [4.78, 5) is 17.9. The summed E-state index contributed by atoms with van der Waals surface area (Å²) in [6, 6.07) is 10.0. The van der Waals surface area contributed by atoms with Crippen LogP contribution in [0.15, 0.2) is 42.9 Å². The summed E-state index contributed by atoms with van der Waals surface area (Å²) in [7, 11) is 1.63. The van der Waals surface area contributed by atoms with Crippen molar-refractivity contribution in [3.63, 3.8) is 0 Å². The van der Waals surface area contributed by atoms with E-state index in [4.69, 9.17) is 4.74 Å². The fourth-order valence-corrected chi connectivity index (χ4v) is 3.21. The lowest BCUT2D eigenvalue weighted by atomic mass is 10.3. The average molecular weight is 338 g/mol. The zero-order valence-electron chi connectivity index (χ0n) is 14.4. The molecule has 130 valence electrons. The van der Waals surface area contributed by atoms with Crippen LogP contribution >= 0.6 is 0 Å². The first-order valence-corrected chi connectivity index (χ1v) is 8.58. The van der Waals surface area contributed by atoms with E-state index >= 15 is 0 Å². The van der Waals surface area contributed by atoms with Crippen LogP contribution in [0.3, 0.4) is 0 Å². The molecular weight excluding hydrogens is 316 g/mol. The van der Waals surface area contributed by atoms with Gasteiger partial charge in [-0.25, -0.2) is 9.97 Å². The summed E-state index contributed by atoms with van der Waals surface area (Å²) in [6.07, 6.45) is 3.68. The first-order chi connectivity index (χ1) is 12.3. The molecule has 3 heterocycles. The van der Waals surface area contributed by atoms with Crippen LogP contribution in [0.4, 0.5) is 5.95 Å². The van der Waals surface area contributed by atoms with E-state index < -0.39 is 0 Å². The number of piperazine rings is 1. The minimum absolute atomic E-state index is 0.611. The Morgan fingerprint density at radius 3 is 2.68 bits per heavy atom. The van der Waals surface area contributed by atoms with Crippen molar-refractivity contribution in [2.24, 2.45) is 0 Å². The highest BCUT2D eigenvalue weighted by atomic mass is 16.5. The standard InChI is InChI=1S/C18H22N6O/c1-25-17-6-7-19-18(21-17)23-11-8-22(9-12-23)10-13-24-14-20-15-4-2-3-5-16(15)24/h2-7,14H,8-13H2,1H3. The van der Waals surface area contributed by atoms with E-state index in [-0.39, 0.29) is 0 Å². The lowest BCUT2D eigenvalue weighted by molar-refractivity contribution is 0.248. The topological polar surface area (TPSA) is 59.3 Å². The van der Waals surface area contributed by atoms with Gasteiger partial charge in [0, 0.05) is 51.5 Å². The number of methoxy groups -OCH3 is 1. The molecule has 1 aliphatic rings. The Bertz CT molecular complexity index is 840. The Morgan fingerprint density at radius 2 is 1.84 bits per heavy atom. The van der Waals surface area contributed by atoms with E-state index in [0.717, 1.165) is 50.7 Å². The fraction of sp³-hybridized carbons (Fsp3) is 0.389. The summed E-state index contributed by atoms with van der Waals surface area (Å²) in [6.45, 7) is 5.85. The van der Waals surface area contributed by atoms with E-state index in [1.807, 2.05) is 12.4 Å². The molecule has 0 aliphatic carbocycles. The Balaban J connectivity index is 1.33. The van der Waals surface area contributed by atoms with Crippen LogP contribution in [0.5, 0.6) is 5.88 Å². The molecular formula is C18H22N6O. The van der Waals surface area contributed by atoms with Crippen molar-refractivity contribution in [3.05, 3.63) is 42.9 Å².